The molecule has 0 bridgehead atoms. The second-order valence-corrected chi connectivity index (χ2v) is 24.2. The van der Waals surface area contributed by atoms with Gasteiger partial charge in [-0.2, -0.15) is 0 Å². The standard InChI is InChI=1S/C55H60BrN5O3/c56-43-19-18-39-49-38(43)8-3-9-40(49)55(62)60-46-21-29(61(63)64)20-41-42(44(57)22-45(53(41)46)58-54(39)60)25-59-23-27-10-12-32-36-16-14-34-30-6-1-4-26-5-2-7-31(48(26)30)35-15-17-37(52(36)51(34)35)33-13-11-28(24-59)47(27)50(32)33/h3,8-9,18-22,26-28,30-37,47-48,50-52H,1-2,4-7,10-17,23-25,57H2. The van der Waals surface area contributed by atoms with Crippen molar-refractivity contribution in [2.24, 2.45) is 94.7 Å². The fourth-order valence-corrected chi connectivity index (χ4v) is 20.6. The molecule has 8 aliphatic carbocycles. The normalized spacial score (nSPS) is 39.8. The fourth-order valence-electron chi connectivity index (χ4n) is 20.1. The number of fused-ring (bicyclic) bond motifs is 7. The van der Waals surface area contributed by atoms with E-state index in [1.807, 2.05) is 36.4 Å². The van der Waals surface area contributed by atoms with E-state index in [1.54, 1.807) is 67.9 Å². The lowest BCUT2D eigenvalue weighted by Gasteiger charge is -2.71. The highest BCUT2D eigenvalue weighted by Gasteiger charge is 2.66. The van der Waals surface area contributed by atoms with Gasteiger partial charge < -0.3 is 5.73 Å². The van der Waals surface area contributed by atoms with E-state index >= 15 is 0 Å². The Bertz CT molecular complexity index is 2980. The molecule has 9 fully saturated rings. The lowest BCUT2D eigenvalue weighted by atomic mass is 9.34. The third-order valence-electron chi connectivity index (χ3n) is 21.6. The molecule has 9 aliphatic rings. The number of nitrogens with zero attached hydrogens (tertiary/aromatic N) is 4. The summed E-state index contributed by atoms with van der Waals surface area (Å²) < 4.78 is 2.53. The summed E-state index contributed by atoms with van der Waals surface area (Å²) in [6.45, 7) is 2.83. The minimum atomic E-state index is -0.323. The van der Waals surface area contributed by atoms with Crippen molar-refractivity contribution in [1.29, 1.82) is 0 Å². The van der Waals surface area contributed by atoms with Crippen LogP contribution in [0.5, 0.6) is 0 Å². The summed E-state index contributed by atoms with van der Waals surface area (Å²) in [5.41, 5.74) is 10.1. The van der Waals surface area contributed by atoms with Crippen LogP contribution in [0, 0.1) is 105 Å². The van der Waals surface area contributed by atoms with Crippen molar-refractivity contribution in [3.05, 3.63) is 79.0 Å². The average Bonchev–Trinajstić information content (AvgIpc) is 3.31. The molecule has 330 valence electrons. The zero-order chi connectivity index (χ0) is 42.4. The SMILES string of the molecule is Nc1cc2nc3c4ccc(Br)c5cccc(c(=O)n3c3cc([N+](=O)[O-])cc(c1CN1CC6CCC7C8CCC9C%10CCCC%11CCCC(C%12CCC(C%13CCC(C1)C6C7%13)C8C9%12)C%11%10)c23)c54. The quantitative estimate of drug-likeness (QED) is 0.0623. The van der Waals surface area contributed by atoms with Gasteiger partial charge in [-0.3, -0.25) is 24.2 Å². The zero-order valence-corrected chi connectivity index (χ0v) is 38.4. The molecule has 0 amide bonds. The van der Waals surface area contributed by atoms with Crippen LogP contribution in [0.4, 0.5) is 11.4 Å². The van der Waals surface area contributed by atoms with Crippen LogP contribution in [0.25, 0.3) is 49.0 Å². The number of hydrogen-bond acceptors (Lipinski definition) is 6. The molecule has 64 heavy (non-hydrogen) atoms. The van der Waals surface area contributed by atoms with Gasteiger partial charge in [-0.05, 0) is 199 Å². The number of piperidine rings is 1. The summed E-state index contributed by atoms with van der Waals surface area (Å²) in [5, 5.41) is 17.4. The van der Waals surface area contributed by atoms with Crippen molar-refractivity contribution in [3.8, 4) is 0 Å². The van der Waals surface area contributed by atoms with Crippen molar-refractivity contribution in [3.63, 3.8) is 0 Å². The third-order valence-corrected chi connectivity index (χ3v) is 22.2. The van der Waals surface area contributed by atoms with Crippen LogP contribution in [-0.2, 0) is 6.54 Å². The summed E-state index contributed by atoms with van der Waals surface area (Å²) in [6.07, 6.45) is 21.0. The number of benzene rings is 4. The Labute approximate surface area is 382 Å². The number of nitro benzene ring substituents is 1. The summed E-state index contributed by atoms with van der Waals surface area (Å²) in [4.78, 5) is 34.8. The van der Waals surface area contributed by atoms with E-state index < -0.39 is 0 Å². The van der Waals surface area contributed by atoms with E-state index in [0.29, 0.717) is 46.1 Å². The maximum Gasteiger partial charge on any atom is 0.272 e. The van der Waals surface area contributed by atoms with E-state index in [2.05, 4.69) is 20.8 Å². The van der Waals surface area contributed by atoms with Gasteiger partial charge in [-0.1, -0.05) is 53.7 Å². The van der Waals surface area contributed by atoms with Crippen molar-refractivity contribution in [2.45, 2.75) is 96.4 Å². The number of hydrogen-bond donors (Lipinski definition) is 1. The number of aromatic nitrogens is 2. The minimum Gasteiger partial charge on any atom is -0.398 e. The maximum atomic E-state index is 14.6. The smallest absolute Gasteiger partial charge is 0.272 e. The fraction of sp³-hybridized carbons (Fsp3) is 0.600. The Morgan fingerprint density at radius 3 is 1.88 bits per heavy atom. The second kappa shape index (κ2) is 13.6. The van der Waals surface area contributed by atoms with Crippen LogP contribution < -0.4 is 11.3 Å². The first kappa shape index (κ1) is 38.3. The molecule has 6 aromatic rings. The topological polar surface area (TPSA) is 107 Å². The first-order valence-corrected chi connectivity index (χ1v) is 26.5. The first-order valence-electron chi connectivity index (χ1n) is 25.7. The zero-order valence-electron chi connectivity index (χ0n) is 36.8. The highest BCUT2D eigenvalue weighted by molar-refractivity contribution is 9.10. The van der Waals surface area contributed by atoms with E-state index in [-0.39, 0.29) is 16.2 Å². The van der Waals surface area contributed by atoms with Gasteiger partial charge in [-0.25, -0.2) is 4.98 Å². The number of anilines is 1. The van der Waals surface area contributed by atoms with Crippen LogP contribution >= 0.6 is 15.9 Å². The number of nitro groups is 1. The molecule has 0 spiro atoms. The second-order valence-electron chi connectivity index (χ2n) is 23.4. The molecule has 3 heterocycles. The predicted molar refractivity (Wildman–Crippen MR) is 257 cm³/mol. The average molecular weight is 919 g/mol. The van der Waals surface area contributed by atoms with Crippen LogP contribution in [0.3, 0.4) is 0 Å². The van der Waals surface area contributed by atoms with Gasteiger partial charge in [0.25, 0.3) is 11.2 Å². The van der Waals surface area contributed by atoms with Gasteiger partial charge in [0.1, 0.15) is 5.65 Å². The molecule has 0 radical (unpaired) electrons. The number of nitrogen functional groups attached to an aromatic ring is 1. The van der Waals surface area contributed by atoms with E-state index in [4.69, 9.17) is 10.7 Å². The van der Waals surface area contributed by atoms with Crippen molar-refractivity contribution < 1.29 is 4.92 Å². The summed E-state index contributed by atoms with van der Waals surface area (Å²) in [5.74, 6) is 15.5. The third kappa shape index (κ3) is 4.99. The molecule has 8 saturated carbocycles. The van der Waals surface area contributed by atoms with Crippen LogP contribution in [0.1, 0.15) is 95.5 Å². The number of likely N-dealkylation sites (tertiary alicyclic amines) is 1. The predicted octanol–water partition coefficient (Wildman–Crippen LogP) is 12.2. The maximum absolute atomic E-state index is 14.6. The molecule has 1 saturated heterocycles. The monoisotopic (exact) mass is 917 g/mol. The van der Waals surface area contributed by atoms with Crippen LogP contribution in [0.2, 0.25) is 0 Å². The van der Waals surface area contributed by atoms with Gasteiger partial charge in [0.05, 0.1) is 16.0 Å². The number of nitrogens with two attached hydrogens (primary N) is 1. The Morgan fingerprint density at radius 1 is 0.641 bits per heavy atom. The van der Waals surface area contributed by atoms with Gasteiger partial charge >= 0.3 is 0 Å². The van der Waals surface area contributed by atoms with Gasteiger partial charge in [0.2, 0.25) is 0 Å². The van der Waals surface area contributed by atoms with Crippen LogP contribution in [0.15, 0.2) is 57.8 Å². The number of non-ortho nitro benzene ring substituents is 1. The van der Waals surface area contributed by atoms with Gasteiger partial charge in [-0.15, -0.1) is 0 Å². The molecular weight excluding hydrogens is 859 g/mol. The molecular formula is C55H60BrN5O3. The number of rotatable bonds is 3. The molecule has 10 atom stereocenters. The lowest BCUT2D eigenvalue weighted by molar-refractivity contribution is -0.384. The molecule has 8 nitrogen and oxygen atoms in total. The summed E-state index contributed by atoms with van der Waals surface area (Å²) in [6, 6.07) is 15.0. The molecule has 9 heteroatoms. The van der Waals surface area contributed by atoms with Crippen LogP contribution in [-0.4, -0.2) is 32.3 Å². The van der Waals surface area contributed by atoms with Crippen molar-refractivity contribution >= 4 is 76.3 Å². The number of halogens is 1. The van der Waals surface area contributed by atoms with Gasteiger partial charge in [0.15, 0.2) is 0 Å². The lowest BCUT2D eigenvalue weighted by Crippen LogP contribution is -2.66. The van der Waals surface area contributed by atoms with Crippen molar-refractivity contribution in [1.82, 2.24) is 14.3 Å². The Hall–Kier alpha value is -3.82. The molecule has 1 aliphatic heterocycles. The highest BCUT2D eigenvalue weighted by atomic mass is 79.9. The largest absolute Gasteiger partial charge is 0.398 e. The molecule has 4 aromatic carbocycles. The highest BCUT2D eigenvalue weighted by Crippen LogP contribution is 2.73. The molecule has 2 aromatic heterocycles. The minimum absolute atomic E-state index is 0.0297. The van der Waals surface area contributed by atoms with E-state index in [9.17, 15) is 14.9 Å². The first-order chi connectivity index (χ1) is 31.3. The Kier molecular flexibility index (Phi) is 8.16. The Balaban J connectivity index is 0.773. The Morgan fingerprint density at radius 2 is 1.23 bits per heavy atom. The number of pyridine rings is 1. The summed E-state index contributed by atoms with van der Waals surface area (Å²) in [7, 11) is 0. The molecule has 10 unspecified atom stereocenters. The van der Waals surface area contributed by atoms with E-state index in [0.717, 1.165) is 133 Å². The van der Waals surface area contributed by atoms with Gasteiger partial charge in [0, 0.05) is 63.5 Å². The summed E-state index contributed by atoms with van der Waals surface area (Å²) >= 11 is 3.69. The molecule has 2 N–H and O–H groups in total. The van der Waals surface area contributed by atoms with Crippen molar-refractivity contribution in [2.75, 3.05) is 18.8 Å². The van der Waals surface area contributed by atoms with E-state index in [1.165, 1.54) is 38.5 Å². The molecule has 15 rings (SSSR count).